The van der Waals surface area contributed by atoms with Crippen molar-refractivity contribution in [2.45, 2.75) is 13.5 Å². The lowest BCUT2D eigenvalue weighted by Crippen LogP contribution is -2.04. The lowest BCUT2D eigenvalue weighted by Gasteiger charge is -2.07. The van der Waals surface area contributed by atoms with E-state index in [-0.39, 0.29) is 0 Å². The molecule has 3 aromatic heterocycles. The summed E-state index contributed by atoms with van der Waals surface area (Å²) in [6, 6.07) is 14.1. The number of aromatic nitrogens is 5. The minimum absolute atomic E-state index is 0.697. The topological polar surface area (TPSA) is 68.5 Å². The van der Waals surface area contributed by atoms with E-state index in [1.807, 2.05) is 18.2 Å². The van der Waals surface area contributed by atoms with Gasteiger partial charge >= 0.3 is 0 Å². The number of nitrogens with one attached hydrogen (secondary N) is 1. The number of anilines is 1. The molecule has 6 nitrogen and oxygen atoms in total. The Kier molecular flexibility index (Phi) is 3.63. The molecule has 0 amide bonds. The molecule has 118 valence electrons. The summed E-state index contributed by atoms with van der Waals surface area (Å²) in [7, 11) is 0. The molecule has 0 saturated heterocycles. The van der Waals surface area contributed by atoms with E-state index in [9.17, 15) is 0 Å². The summed E-state index contributed by atoms with van der Waals surface area (Å²) < 4.78 is 1.72. The molecule has 6 heteroatoms. The van der Waals surface area contributed by atoms with Gasteiger partial charge in [-0.2, -0.15) is 9.78 Å². The van der Waals surface area contributed by atoms with Crippen LogP contribution in [0.25, 0.3) is 16.9 Å². The molecule has 0 radical (unpaired) electrons. The minimum Gasteiger partial charge on any atom is -0.365 e. The highest BCUT2D eigenvalue weighted by atomic mass is 15.3. The van der Waals surface area contributed by atoms with Gasteiger partial charge in [-0.15, -0.1) is 0 Å². The first-order chi connectivity index (χ1) is 11.8. The summed E-state index contributed by atoms with van der Waals surface area (Å²) in [5.74, 6) is 1.50. The van der Waals surface area contributed by atoms with Crippen LogP contribution in [0.15, 0.2) is 61.2 Å². The highest BCUT2D eigenvalue weighted by molar-refractivity contribution is 5.86. The number of hydrogen-bond acceptors (Lipinski definition) is 5. The standard InChI is InChI=1S/C18H16N6/c1-13-5-4-6-14(9-13)10-20-17-15-11-23-24(18(15)22-12-21-17)16-7-2-3-8-19-16/h2-9,11-12H,10H2,1H3,(H,20,21,22). The molecule has 0 spiro atoms. The molecule has 3 heterocycles. The van der Waals surface area contributed by atoms with Crippen molar-refractivity contribution >= 4 is 16.9 Å². The zero-order valence-electron chi connectivity index (χ0n) is 13.2. The third kappa shape index (κ3) is 2.69. The van der Waals surface area contributed by atoms with E-state index in [1.165, 1.54) is 11.1 Å². The van der Waals surface area contributed by atoms with Crippen LogP contribution < -0.4 is 5.32 Å². The Labute approximate surface area is 139 Å². The summed E-state index contributed by atoms with van der Waals surface area (Å²) in [6.45, 7) is 2.78. The highest BCUT2D eigenvalue weighted by Gasteiger charge is 2.11. The third-order valence-electron chi connectivity index (χ3n) is 3.77. The van der Waals surface area contributed by atoms with Gasteiger partial charge in [-0.25, -0.2) is 15.0 Å². The Hall–Kier alpha value is -3.28. The van der Waals surface area contributed by atoms with Crippen LogP contribution in [0.2, 0.25) is 0 Å². The Balaban J connectivity index is 1.66. The lowest BCUT2D eigenvalue weighted by molar-refractivity contribution is 0.861. The average Bonchev–Trinajstić information content (AvgIpc) is 3.05. The van der Waals surface area contributed by atoms with Gasteiger partial charge in [-0.1, -0.05) is 35.9 Å². The molecule has 24 heavy (non-hydrogen) atoms. The fourth-order valence-corrected chi connectivity index (χ4v) is 2.64. The molecule has 0 aliphatic rings. The van der Waals surface area contributed by atoms with Crippen LogP contribution in [0.4, 0.5) is 5.82 Å². The van der Waals surface area contributed by atoms with Crippen LogP contribution in [-0.2, 0) is 6.54 Å². The van der Waals surface area contributed by atoms with Crippen LogP contribution >= 0.6 is 0 Å². The van der Waals surface area contributed by atoms with E-state index < -0.39 is 0 Å². The molecule has 0 saturated carbocycles. The van der Waals surface area contributed by atoms with E-state index in [2.05, 4.69) is 56.6 Å². The van der Waals surface area contributed by atoms with E-state index >= 15 is 0 Å². The van der Waals surface area contributed by atoms with Gasteiger partial charge in [0, 0.05) is 12.7 Å². The molecule has 0 bridgehead atoms. The summed E-state index contributed by atoms with van der Waals surface area (Å²) in [6.07, 6.45) is 5.05. The second-order valence-electron chi connectivity index (χ2n) is 5.55. The van der Waals surface area contributed by atoms with Gasteiger partial charge in [0.05, 0.1) is 11.6 Å². The molecule has 4 rings (SSSR count). The monoisotopic (exact) mass is 316 g/mol. The number of aryl methyl sites for hydroxylation is 1. The van der Waals surface area contributed by atoms with Crippen molar-refractivity contribution in [3.63, 3.8) is 0 Å². The number of benzene rings is 1. The Morgan fingerprint density at radius 2 is 2.00 bits per heavy atom. The molecule has 0 unspecified atom stereocenters. The van der Waals surface area contributed by atoms with Crippen molar-refractivity contribution in [3.05, 3.63) is 72.3 Å². The minimum atomic E-state index is 0.697. The maximum absolute atomic E-state index is 4.41. The zero-order chi connectivity index (χ0) is 16.4. The maximum atomic E-state index is 4.41. The van der Waals surface area contributed by atoms with Crippen molar-refractivity contribution in [2.24, 2.45) is 0 Å². The van der Waals surface area contributed by atoms with Crippen LogP contribution in [0.5, 0.6) is 0 Å². The molecular formula is C18H16N6. The van der Waals surface area contributed by atoms with Crippen LogP contribution in [0, 0.1) is 6.92 Å². The molecule has 4 aromatic rings. The molecular weight excluding hydrogens is 300 g/mol. The maximum Gasteiger partial charge on any atom is 0.170 e. The molecule has 0 aliphatic heterocycles. The predicted molar refractivity (Wildman–Crippen MR) is 93.0 cm³/mol. The second-order valence-corrected chi connectivity index (χ2v) is 5.55. The Morgan fingerprint density at radius 3 is 2.83 bits per heavy atom. The van der Waals surface area contributed by atoms with Gasteiger partial charge in [-0.3, -0.25) is 0 Å². The largest absolute Gasteiger partial charge is 0.365 e. The van der Waals surface area contributed by atoms with Gasteiger partial charge in [-0.05, 0) is 24.6 Å². The number of hydrogen-bond donors (Lipinski definition) is 1. The SMILES string of the molecule is Cc1cccc(CNc2ncnc3c2cnn3-c2ccccn2)c1. The molecule has 0 atom stereocenters. The van der Waals surface area contributed by atoms with Crippen LogP contribution in [-0.4, -0.2) is 24.7 Å². The second kappa shape index (κ2) is 6.08. The van der Waals surface area contributed by atoms with Gasteiger partial charge in [0.2, 0.25) is 0 Å². The molecule has 0 fully saturated rings. The average molecular weight is 316 g/mol. The van der Waals surface area contributed by atoms with Gasteiger partial charge in [0.25, 0.3) is 0 Å². The third-order valence-corrected chi connectivity index (χ3v) is 3.77. The molecule has 1 aromatic carbocycles. The number of rotatable bonds is 4. The van der Waals surface area contributed by atoms with E-state index in [1.54, 1.807) is 23.4 Å². The predicted octanol–water partition coefficient (Wildman–Crippen LogP) is 3.13. The van der Waals surface area contributed by atoms with Crippen molar-refractivity contribution in [2.75, 3.05) is 5.32 Å². The van der Waals surface area contributed by atoms with Crippen LogP contribution in [0.1, 0.15) is 11.1 Å². The lowest BCUT2D eigenvalue weighted by atomic mass is 10.1. The van der Waals surface area contributed by atoms with E-state index in [0.717, 1.165) is 22.7 Å². The Morgan fingerprint density at radius 1 is 1.04 bits per heavy atom. The number of pyridine rings is 1. The van der Waals surface area contributed by atoms with Crippen molar-refractivity contribution in [1.29, 1.82) is 0 Å². The van der Waals surface area contributed by atoms with E-state index in [0.29, 0.717) is 6.54 Å². The molecule has 1 N–H and O–H groups in total. The quantitative estimate of drug-likeness (QED) is 0.626. The van der Waals surface area contributed by atoms with Crippen molar-refractivity contribution in [3.8, 4) is 5.82 Å². The highest BCUT2D eigenvalue weighted by Crippen LogP contribution is 2.21. The van der Waals surface area contributed by atoms with Crippen LogP contribution in [0.3, 0.4) is 0 Å². The summed E-state index contributed by atoms with van der Waals surface area (Å²) in [5.41, 5.74) is 3.18. The van der Waals surface area contributed by atoms with Gasteiger partial charge in [0.15, 0.2) is 11.5 Å². The smallest absolute Gasteiger partial charge is 0.170 e. The van der Waals surface area contributed by atoms with E-state index in [4.69, 9.17) is 0 Å². The summed E-state index contributed by atoms with van der Waals surface area (Å²) in [4.78, 5) is 13.0. The summed E-state index contributed by atoms with van der Waals surface area (Å²) in [5, 5.41) is 8.65. The molecule has 0 aliphatic carbocycles. The Bertz CT molecular complexity index is 977. The first-order valence-corrected chi connectivity index (χ1v) is 7.71. The number of nitrogens with zero attached hydrogens (tertiary/aromatic N) is 5. The van der Waals surface area contributed by atoms with Gasteiger partial charge < -0.3 is 5.32 Å². The van der Waals surface area contributed by atoms with Crippen molar-refractivity contribution < 1.29 is 0 Å². The first-order valence-electron chi connectivity index (χ1n) is 7.71. The zero-order valence-corrected chi connectivity index (χ0v) is 13.2. The van der Waals surface area contributed by atoms with Crippen molar-refractivity contribution in [1.82, 2.24) is 24.7 Å². The van der Waals surface area contributed by atoms with Gasteiger partial charge in [0.1, 0.15) is 12.1 Å². The fourth-order valence-electron chi connectivity index (χ4n) is 2.64. The number of fused-ring (bicyclic) bond motifs is 1. The summed E-state index contributed by atoms with van der Waals surface area (Å²) >= 11 is 0. The normalized spacial score (nSPS) is 10.9. The fraction of sp³-hybridized carbons (Fsp3) is 0.111. The first kappa shape index (κ1) is 14.3.